The highest BCUT2D eigenvalue weighted by Crippen LogP contribution is 2.21. The fourth-order valence-electron chi connectivity index (χ4n) is 3.75. The van der Waals surface area contributed by atoms with Crippen LogP contribution in [0, 0.1) is 0 Å². The van der Waals surface area contributed by atoms with Gasteiger partial charge < -0.3 is 14.5 Å². The van der Waals surface area contributed by atoms with Crippen molar-refractivity contribution in [1.29, 1.82) is 0 Å². The summed E-state index contributed by atoms with van der Waals surface area (Å²) in [6.45, 7) is 1.45. The Bertz CT molecular complexity index is 1110. The fourth-order valence-corrected chi connectivity index (χ4v) is 4.29. The maximum atomic E-state index is 13.4. The molecule has 1 fully saturated rings. The van der Waals surface area contributed by atoms with Crippen molar-refractivity contribution in [2.24, 2.45) is 7.05 Å². The number of aromatic nitrogens is 4. The molecule has 0 saturated carbocycles. The van der Waals surface area contributed by atoms with Crippen molar-refractivity contribution in [1.82, 2.24) is 29.5 Å². The molecule has 0 N–H and O–H groups in total. The van der Waals surface area contributed by atoms with E-state index in [4.69, 9.17) is 4.74 Å². The van der Waals surface area contributed by atoms with E-state index in [-0.39, 0.29) is 24.5 Å². The number of amides is 2. The number of carbonyl (C=O) groups excluding carboxylic acids is 2. The van der Waals surface area contributed by atoms with E-state index in [0.29, 0.717) is 36.8 Å². The van der Waals surface area contributed by atoms with Gasteiger partial charge in [0.25, 0.3) is 5.91 Å². The number of rotatable bonds is 7. The first-order valence-corrected chi connectivity index (χ1v) is 11.8. The van der Waals surface area contributed by atoms with Crippen LogP contribution in [0.4, 0.5) is 0 Å². The van der Waals surface area contributed by atoms with Crippen molar-refractivity contribution < 1.29 is 14.3 Å². The molecule has 0 bridgehead atoms. The lowest BCUT2D eigenvalue weighted by Gasteiger charge is -2.25. The normalized spacial score (nSPS) is 16.7. The predicted octanol–water partition coefficient (Wildman–Crippen LogP) is 2.00. The first-order chi connectivity index (χ1) is 16.0. The van der Waals surface area contributed by atoms with Gasteiger partial charge in [0.1, 0.15) is 11.6 Å². The SMILES string of the molecule is CSc1ncccc1C(=O)N1CC(=O)N(Cc2cnn(C)c2)CC(OCc2ccncc2)C1. The summed E-state index contributed by atoms with van der Waals surface area (Å²) in [4.78, 5) is 38.2. The highest BCUT2D eigenvalue weighted by atomic mass is 32.2. The number of nitrogens with zero attached hydrogens (tertiary/aromatic N) is 6. The Morgan fingerprint density at radius 1 is 1.18 bits per heavy atom. The minimum atomic E-state index is -0.348. The number of hydrogen-bond donors (Lipinski definition) is 0. The second-order valence-corrected chi connectivity index (χ2v) is 8.63. The van der Waals surface area contributed by atoms with Gasteiger partial charge in [0.2, 0.25) is 5.91 Å². The number of hydrogen-bond acceptors (Lipinski definition) is 7. The summed E-state index contributed by atoms with van der Waals surface area (Å²) in [5.41, 5.74) is 2.40. The zero-order valence-corrected chi connectivity index (χ0v) is 19.4. The molecule has 2 amide bonds. The first-order valence-electron chi connectivity index (χ1n) is 10.6. The lowest BCUT2D eigenvalue weighted by atomic mass is 10.2. The lowest BCUT2D eigenvalue weighted by molar-refractivity contribution is -0.132. The Morgan fingerprint density at radius 2 is 2.00 bits per heavy atom. The summed E-state index contributed by atoms with van der Waals surface area (Å²) >= 11 is 1.41. The van der Waals surface area contributed by atoms with E-state index < -0.39 is 0 Å². The molecule has 10 heteroatoms. The molecule has 9 nitrogen and oxygen atoms in total. The molecular formula is C23H26N6O3S. The summed E-state index contributed by atoms with van der Waals surface area (Å²) < 4.78 is 7.89. The van der Waals surface area contributed by atoms with Gasteiger partial charge in [-0.2, -0.15) is 5.10 Å². The highest BCUT2D eigenvalue weighted by molar-refractivity contribution is 7.98. The van der Waals surface area contributed by atoms with Gasteiger partial charge in [0.15, 0.2) is 0 Å². The number of aryl methyl sites for hydroxylation is 1. The van der Waals surface area contributed by atoms with Gasteiger partial charge in [0, 0.05) is 57.0 Å². The van der Waals surface area contributed by atoms with Gasteiger partial charge in [-0.15, -0.1) is 11.8 Å². The predicted molar refractivity (Wildman–Crippen MR) is 123 cm³/mol. The van der Waals surface area contributed by atoms with E-state index in [0.717, 1.165) is 11.1 Å². The molecule has 1 aliphatic heterocycles. The summed E-state index contributed by atoms with van der Waals surface area (Å²) in [5.74, 6) is -0.349. The molecule has 4 rings (SSSR count). The molecule has 0 radical (unpaired) electrons. The molecule has 3 aromatic rings. The third kappa shape index (κ3) is 5.77. The molecule has 1 aliphatic rings. The average Bonchev–Trinajstić information content (AvgIpc) is 3.18. The van der Waals surface area contributed by atoms with Crippen molar-refractivity contribution in [3.63, 3.8) is 0 Å². The highest BCUT2D eigenvalue weighted by Gasteiger charge is 2.32. The Kier molecular flexibility index (Phi) is 7.36. The topological polar surface area (TPSA) is 93.5 Å². The summed E-state index contributed by atoms with van der Waals surface area (Å²) in [6.07, 6.45) is 10.2. The molecule has 1 atom stereocenters. The molecule has 1 unspecified atom stereocenters. The molecule has 0 spiro atoms. The van der Waals surface area contributed by atoms with Crippen LogP contribution in [0.15, 0.2) is 60.3 Å². The fraction of sp³-hybridized carbons (Fsp3) is 0.348. The van der Waals surface area contributed by atoms with E-state index in [1.807, 2.05) is 31.6 Å². The quantitative estimate of drug-likeness (QED) is 0.492. The van der Waals surface area contributed by atoms with E-state index >= 15 is 0 Å². The molecule has 0 aliphatic carbocycles. The van der Waals surface area contributed by atoms with E-state index in [2.05, 4.69) is 15.1 Å². The van der Waals surface area contributed by atoms with Crippen LogP contribution in [0.25, 0.3) is 0 Å². The van der Waals surface area contributed by atoms with Crippen molar-refractivity contribution in [3.8, 4) is 0 Å². The summed E-state index contributed by atoms with van der Waals surface area (Å²) in [5, 5.41) is 4.83. The van der Waals surface area contributed by atoms with Gasteiger partial charge in [0.05, 0.1) is 24.5 Å². The van der Waals surface area contributed by atoms with Crippen LogP contribution in [0.3, 0.4) is 0 Å². The van der Waals surface area contributed by atoms with Gasteiger partial charge in [-0.1, -0.05) is 0 Å². The van der Waals surface area contributed by atoms with Crippen molar-refractivity contribution >= 4 is 23.6 Å². The molecule has 3 aromatic heterocycles. The van der Waals surface area contributed by atoms with Crippen LogP contribution in [0.2, 0.25) is 0 Å². The van der Waals surface area contributed by atoms with Crippen LogP contribution >= 0.6 is 11.8 Å². The average molecular weight is 467 g/mol. The van der Waals surface area contributed by atoms with Gasteiger partial charge in [-0.3, -0.25) is 19.3 Å². The number of carbonyl (C=O) groups is 2. The number of thioether (sulfide) groups is 1. The molecule has 172 valence electrons. The second-order valence-electron chi connectivity index (χ2n) is 7.83. The molecule has 0 aromatic carbocycles. The van der Waals surface area contributed by atoms with Crippen LogP contribution in [0.5, 0.6) is 0 Å². The molecule has 33 heavy (non-hydrogen) atoms. The Hall–Kier alpha value is -3.24. The van der Waals surface area contributed by atoms with Gasteiger partial charge in [-0.05, 0) is 36.1 Å². The molecule has 4 heterocycles. The zero-order chi connectivity index (χ0) is 23.2. The summed E-state index contributed by atoms with van der Waals surface area (Å²) in [6, 6.07) is 7.26. The molecular weight excluding hydrogens is 440 g/mol. The van der Waals surface area contributed by atoms with Crippen LogP contribution in [-0.2, 0) is 29.7 Å². The number of ether oxygens (including phenoxy) is 1. The zero-order valence-electron chi connectivity index (χ0n) is 18.6. The van der Waals surface area contributed by atoms with Crippen molar-refractivity contribution in [2.75, 3.05) is 25.9 Å². The third-order valence-electron chi connectivity index (χ3n) is 5.38. The number of pyridine rings is 2. The Labute approximate surface area is 196 Å². The maximum Gasteiger partial charge on any atom is 0.257 e. The van der Waals surface area contributed by atoms with E-state index in [1.165, 1.54) is 11.8 Å². The minimum Gasteiger partial charge on any atom is -0.370 e. The third-order valence-corrected chi connectivity index (χ3v) is 6.09. The second kappa shape index (κ2) is 10.6. The van der Waals surface area contributed by atoms with E-state index in [9.17, 15) is 9.59 Å². The summed E-state index contributed by atoms with van der Waals surface area (Å²) in [7, 11) is 1.84. The Balaban J connectivity index is 1.56. The van der Waals surface area contributed by atoms with Crippen LogP contribution in [-0.4, -0.2) is 73.4 Å². The van der Waals surface area contributed by atoms with E-state index in [1.54, 1.807) is 51.4 Å². The van der Waals surface area contributed by atoms with Crippen molar-refractivity contribution in [3.05, 3.63) is 71.9 Å². The van der Waals surface area contributed by atoms with Crippen LogP contribution < -0.4 is 0 Å². The van der Waals surface area contributed by atoms with Gasteiger partial charge in [-0.25, -0.2) is 4.98 Å². The van der Waals surface area contributed by atoms with Gasteiger partial charge >= 0.3 is 0 Å². The molecule has 1 saturated heterocycles. The van der Waals surface area contributed by atoms with Crippen molar-refractivity contribution in [2.45, 2.75) is 24.3 Å². The maximum absolute atomic E-state index is 13.4. The van der Waals surface area contributed by atoms with Crippen LogP contribution in [0.1, 0.15) is 21.5 Å². The minimum absolute atomic E-state index is 0.0169. The largest absolute Gasteiger partial charge is 0.370 e. The monoisotopic (exact) mass is 466 g/mol. The first kappa shape index (κ1) is 22.9. The smallest absolute Gasteiger partial charge is 0.257 e. The lowest BCUT2D eigenvalue weighted by Crippen LogP contribution is -2.40. The Morgan fingerprint density at radius 3 is 2.73 bits per heavy atom. The standard InChI is InChI=1S/C23H26N6O3S/c1-27-11-18(10-26-27)12-28-13-19(32-16-17-5-8-24-9-6-17)14-29(15-21(28)30)23(31)20-4-3-7-25-22(20)33-2/h3-11,19H,12-16H2,1-2H3.